The van der Waals surface area contributed by atoms with Crippen LogP contribution in [0.15, 0.2) is 76.3 Å². The number of rotatable bonds is 6. The van der Waals surface area contributed by atoms with E-state index >= 15 is 0 Å². The lowest BCUT2D eigenvalue weighted by Crippen LogP contribution is -2.18. The number of halogens is 1. The lowest BCUT2D eigenvalue weighted by atomic mass is 10.0. The molecule has 0 aliphatic rings. The number of aromatic hydroxyl groups is 1. The zero-order valence-electron chi connectivity index (χ0n) is 17.9. The second-order valence-electron chi connectivity index (χ2n) is 7.04. The monoisotopic (exact) mass is 505 g/mol. The first kappa shape index (κ1) is 22.3. The minimum Gasteiger partial charge on any atom is -0.507 e. The van der Waals surface area contributed by atoms with Crippen molar-refractivity contribution in [2.75, 3.05) is 14.2 Å². The fourth-order valence-electron chi connectivity index (χ4n) is 3.36. The molecule has 0 saturated carbocycles. The summed E-state index contributed by atoms with van der Waals surface area (Å²) in [6.45, 7) is 0. The van der Waals surface area contributed by atoms with Gasteiger partial charge in [0.15, 0.2) is 0 Å². The van der Waals surface area contributed by atoms with Crippen molar-refractivity contribution in [1.82, 2.24) is 10.4 Å². The van der Waals surface area contributed by atoms with Crippen molar-refractivity contribution in [2.24, 2.45) is 5.10 Å². The SMILES string of the molecule is COc1ccc(OC)c(-c2cc(C(=O)N/N=C/c3cc(Br)ccc3O)c3ccccc3n2)c1. The quantitative estimate of drug-likeness (QED) is 0.279. The third-order valence-corrected chi connectivity index (χ3v) is 5.50. The summed E-state index contributed by atoms with van der Waals surface area (Å²) < 4.78 is 11.6. The maximum atomic E-state index is 13.1. The molecule has 0 unspecified atom stereocenters. The van der Waals surface area contributed by atoms with Crippen LogP contribution in [0.5, 0.6) is 17.2 Å². The smallest absolute Gasteiger partial charge is 0.272 e. The topological polar surface area (TPSA) is 93.0 Å². The van der Waals surface area contributed by atoms with Crippen LogP contribution in [0.2, 0.25) is 0 Å². The van der Waals surface area contributed by atoms with Gasteiger partial charge in [0.1, 0.15) is 17.2 Å². The third kappa shape index (κ3) is 4.80. The number of fused-ring (bicyclic) bond motifs is 1. The number of phenols is 1. The summed E-state index contributed by atoms with van der Waals surface area (Å²) in [7, 11) is 3.16. The summed E-state index contributed by atoms with van der Waals surface area (Å²) in [5.74, 6) is 0.888. The Morgan fingerprint density at radius 2 is 1.88 bits per heavy atom. The molecular weight excluding hydrogens is 486 g/mol. The fraction of sp³-hybridized carbons (Fsp3) is 0.0800. The number of hydrogen-bond donors (Lipinski definition) is 2. The Balaban J connectivity index is 1.74. The maximum absolute atomic E-state index is 13.1. The Bertz CT molecular complexity index is 1370. The molecule has 8 heteroatoms. The number of hydrazone groups is 1. The highest BCUT2D eigenvalue weighted by atomic mass is 79.9. The van der Waals surface area contributed by atoms with Gasteiger partial charge in [-0.05, 0) is 48.5 Å². The predicted molar refractivity (Wildman–Crippen MR) is 131 cm³/mol. The molecular formula is C25H20BrN3O4. The van der Waals surface area contributed by atoms with E-state index in [1.807, 2.05) is 30.3 Å². The largest absolute Gasteiger partial charge is 0.507 e. The Morgan fingerprint density at radius 3 is 2.67 bits per heavy atom. The number of pyridine rings is 1. The highest BCUT2D eigenvalue weighted by Gasteiger charge is 2.16. The van der Waals surface area contributed by atoms with Crippen LogP contribution in [-0.4, -0.2) is 36.4 Å². The first-order chi connectivity index (χ1) is 16.0. The van der Waals surface area contributed by atoms with Gasteiger partial charge in [0.25, 0.3) is 5.91 Å². The fourth-order valence-corrected chi connectivity index (χ4v) is 3.74. The minimum atomic E-state index is -0.414. The number of benzene rings is 3. The van der Waals surface area contributed by atoms with E-state index in [1.165, 1.54) is 12.3 Å². The van der Waals surface area contributed by atoms with Crippen LogP contribution in [0.1, 0.15) is 15.9 Å². The molecule has 1 amide bonds. The number of aromatic nitrogens is 1. The zero-order chi connectivity index (χ0) is 23.4. The van der Waals surface area contributed by atoms with Crippen molar-refractivity contribution in [3.63, 3.8) is 0 Å². The second-order valence-corrected chi connectivity index (χ2v) is 7.96. The molecule has 4 rings (SSSR count). The third-order valence-electron chi connectivity index (χ3n) is 5.00. The average Bonchev–Trinajstić information content (AvgIpc) is 2.84. The Hall–Kier alpha value is -3.91. The van der Waals surface area contributed by atoms with Gasteiger partial charge in [-0.3, -0.25) is 4.79 Å². The van der Waals surface area contributed by atoms with E-state index in [1.54, 1.807) is 44.6 Å². The highest BCUT2D eigenvalue weighted by molar-refractivity contribution is 9.10. The molecule has 1 aromatic heterocycles. The number of methoxy groups -OCH3 is 2. The Labute approximate surface area is 198 Å². The summed E-state index contributed by atoms with van der Waals surface area (Å²) in [6.07, 6.45) is 1.38. The van der Waals surface area contributed by atoms with Gasteiger partial charge in [0.05, 0.1) is 37.2 Å². The molecule has 1 heterocycles. The van der Waals surface area contributed by atoms with Gasteiger partial charge >= 0.3 is 0 Å². The van der Waals surface area contributed by atoms with Crippen molar-refractivity contribution in [3.05, 3.63) is 82.3 Å². The summed E-state index contributed by atoms with van der Waals surface area (Å²) >= 11 is 3.35. The van der Waals surface area contributed by atoms with Crippen LogP contribution in [0, 0.1) is 0 Å². The summed E-state index contributed by atoms with van der Waals surface area (Å²) in [4.78, 5) is 17.8. The summed E-state index contributed by atoms with van der Waals surface area (Å²) in [5, 5.41) is 14.7. The van der Waals surface area contributed by atoms with Crippen molar-refractivity contribution in [3.8, 4) is 28.5 Å². The molecule has 0 aliphatic heterocycles. The van der Waals surface area contributed by atoms with Gasteiger partial charge in [-0.1, -0.05) is 34.1 Å². The average molecular weight is 506 g/mol. The van der Waals surface area contributed by atoms with E-state index in [9.17, 15) is 9.90 Å². The number of nitrogens with one attached hydrogen (secondary N) is 1. The summed E-state index contributed by atoms with van der Waals surface area (Å²) in [5.41, 5.74) is 5.30. The molecule has 0 atom stereocenters. The molecule has 0 fully saturated rings. The molecule has 166 valence electrons. The molecule has 4 aromatic rings. The van der Waals surface area contributed by atoms with Crippen molar-refractivity contribution >= 4 is 39.0 Å². The lowest BCUT2D eigenvalue weighted by Gasteiger charge is -2.13. The van der Waals surface area contributed by atoms with Crippen LogP contribution in [-0.2, 0) is 0 Å². The molecule has 2 N–H and O–H groups in total. The molecule has 7 nitrogen and oxygen atoms in total. The van der Waals surface area contributed by atoms with E-state index in [-0.39, 0.29) is 5.75 Å². The van der Waals surface area contributed by atoms with E-state index in [2.05, 4.69) is 26.5 Å². The molecule has 0 bridgehead atoms. The minimum absolute atomic E-state index is 0.0537. The number of carbonyl (C=O) groups is 1. The van der Waals surface area contributed by atoms with Crippen LogP contribution >= 0.6 is 15.9 Å². The highest BCUT2D eigenvalue weighted by Crippen LogP contribution is 2.34. The van der Waals surface area contributed by atoms with Crippen LogP contribution < -0.4 is 14.9 Å². The van der Waals surface area contributed by atoms with Gasteiger partial charge in [0, 0.05) is 21.0 Å². The summed E-state index contributed by atoms with van der Waals surface area (Å²) in [6, 6.07) is 19.4. The van der Waals surface area contributed by atoms with E-state index < -0.39 is 5.91 Å². The first-order valence-electron chi connectivity index (χ1n) is 9.94. The van der Waals surface area contributed by atoms with Gasteiger partial charge < -0.3 is 14.6 Å². The lowest BCUT2D eigenvalue weighted by molar-refractivity contribution is 0.0956. The van der Waals surface area contributed by atoms with Gasteiger partial charge in [0.2, 0.25) is 0 Å². The number of amides is 1. The van der Waals surface area contributed by atoms with E-state index in [4.69, 9.17) is 14.5 Å². The van der Waals surface area contributed by atoms with Gasteiger partial charge in [-0.25, -0.2) is 10.4 Å². The molecule has 3 aromatic carbocycles. The zero-order valence-corrected chi connectivity index (χ0v) is 19.5. The van der Waals surface area contributed by atoms with Crippen molar-refractivity contribution in [1.29, 1.82) is 0 Å². The predicted octanol–water partition coefficient (Wildman–Crippen LogP) is 5.15. The van der Waals surface area contributed by atoms with E-state index in [0.29, 0.717) is 44.8 Å². The standard InChI is InChI=1S/C25H20BrN3O4/c1-32-17-8-10-24(33-2)20(12-17)22-13-19(18-5-3-4-6-21(18)28-22)25(31)29-27-14-15-11-16(26)7-9-23(15)30/h3-14,30H,1-2H3,(H,29,31)/b27-14+. The van der Waals surface area contributed by atoms with Crippen LogP contribution in [0.25, 0.3) is 22.2 Å². The van der Waals surface area contributed by atoms with Gasteiger partial charge in [-0.2, -0.15) is 5.10 Å². The molecule has 0 radical (unpaired) electrons. The van der Waals surface area contributed by atoms with Gasteiger partial charge in [-0.15, -0.1) is 0 Å². The number of carbonyl (C=O) groups excluding carboxylic acids is 1. The molecule has 0 spiro atoms. The van der Waals surface area contributed by atoms with Crippen LogP contribution in [0.4, 0.5) is 0 Å². The molecule has 0 aliphatic carbocycles. The number of nitrogens with zero attached hydrogens (tertiary/aromatic N) is 2. The van der Waals surface area contributed by atoms with E-state index in [0.717, 1.165) is 4.47 Å². The Kier molecular flexibility index (Phi) is 6.55. The first-order valence-corrected chi connectivity index (χ1v) is 10.7. The van der Waals surface area contributed by atoms with Crippen molar-refractivity contribution in [2.45, 2.75) is 0 Å². The molecule has 33 heavy (non-hydrogen) atoms. The number of hydrogen-bond acceptors (Lipinski definition) is 6. The van der Waals surface area contributed by atoms with Crippen LogP contribution in [0.3, 0.4) is 0 Å². The van der Waals surface area contributed by atoms with Crippen molar-refractivity contribution < 1.29 is 19.4 Å². The molecule has 0 saturated heterocycles. The second kappa shape index (κ2) is 9.70. The Morgan fingerprint density at radius 1 is 1.06 bits per heavy atom. The number of phenolic OH excluding ortho intramolecular Hbond substituents is 1. The normalized spacial score (nSPS) is 11.0. The number of para-hydroxylation sites is 1. The number of ether oxygens (including phenoxy) is 2. The maximum Gasteiger partial charge on any atom is 0.272 e.